The first-order chi connectivity index (χ1) is 14.4. The predicted molar refractivity (Wildman–Crippen MR) is 119 cm³/mol. The summed E-state index contributed by atoms with van der Waals surface area (Å²) in [5.74, 6) is 3.15. The molecule has 0 amide bonds. The largest absolute Gasteiger partial charge is 0.365 e. The molecule has 7 nitrogen and oxygen atoms in total. The number of hydrogen-bond donors (Lipinski definition) is 2. The first-order valence-electron chi connectivity index (χ1n) is 10.5. The quantitative estimate of drug-likeness (QED) is 0.519. The molecule has 3 aromatic heterocycles. The lowest BCUT2D eigenvalue weighted by Gasteiger charge is -2.62. The van der Waals surface area contributed by atoms with Crippen molar-refractivity contribution >= 4 is 38.6 Å². The summed E-state index contributed by atoms with van der Waals surface area (Å²) in [5.41, 5.74) is 1.70. The highest BCUT2D eigenvalue weighted by atomic mass is 32.1. The van der Waals surface area contributed by atoms with Crippen molar-refractivity contribution in [2.24, 2.45) is 23.2 Å². The lowest BCUT2D eigenvalue weighted by atomic mass is 9.45. The van der Waals surface area contributed by atoms with Crippen LogP contribution < -0.4 is 10.9 Å². The van der Waals surface area contributed by atoms with E-state index < -0.39 is 0 Å². The van der Waals surface area contributed by atoms with Gasteiger partial charge in [0.15, 0.2) is 11.5 Å². The second-order valence-corrected chi connectivity index (χ2v) is 10.4. The van der Waals surface area contributed by atoms with Crippen LogP contribution in [0.25, 0.3) is 27.2 Å². The monoisotopic (exact) mass is 420 g/mol. The molecule has 3 heterocycles. The normalized spacial score (nSPS) is 27.3. The highest BCUT2D eigenvalue weighted by molar-refractivity contribution is 7.14. The van der Waals surface area contributed by atoms with E-state index in [2.05, 4.69) is 41.0 Å². The smallest absolute Gasteiger partial charge is 0.275 e. The summed E-state index contributed by atoms with van der Waals surface area (Å²) in [6, 6.07) is 7.96. The Morgan fingerprint density at radius 2 is 2.07 bits per heavy atom. The third-order valence-corrected chi connectivity index (χ3v) is 8.69. The van der Waals surface area contributed by atoms with Crippen LogP contribution in [0.2, 0.25) is 0 Å². The average Bonchev–Trinajstić information content (AvgIpc) is 3.34. The maximum Gasteiger partial charge on any atom is 0.275 e. The molecule has 154 valence electrons. The van der Waals surface area contributed by atoms with E-state index in [9.17, 15) is 4.79 Å². The first-order valence-corrected chi connectivity index (χ1v) is 11.3. The Morgan fingerprint density at radius 1 is 1.23 bits per heavy atom. The zero-order chi connectivity index (χ0) is 20.6. The number of nitrogens with one attached hydrogen (secondary N) is 2. The zero-order valence-electron chi connectivity index (χ0n) is 17.2. The van der Waals surface area contributed by atoms with Crippen LogP contribution in [0, 0.1) is 23.2 Å². The van der Waals surface area contributed by atoms with E-state index in [0.717, 1.165) is 34.3 Å². The van der Waals surface area contributed by atoms with Gasteiger partial charge >= 0.3 is 0 Å². The van der Waals surface area contributed by atoms with E-state index in [1.54, 1.807) is 10.3 Å². The van der Waals surface area contributed by atoms with Gasteiger partial charge in [0.1, 0.15) is 5.52 Å². The van der Waals surface area contributed by atoms with E-state index in [-0.39, 0.29) is 5.56 Å². The Labute approximate surface area is 177 Å². The summed E-state index contributed by atoms with van der Waals surface area (Å²) >= 11 is 1.36. The lowest BCUT2D eigenvalue weighted by molar-refractivity contribution is -0.105. The van der Waals surface area contributed by atoms with E-state index in [1.807, 2.05) is 24.3 Å². The molecule has 3 aliphatic carbocycles. The predicted octanol–water partition coefficient (Wildman–Crippen LogP) is 4.20. The number of H-pyrrole nitrogens is 1. The Kier molecular flexibility index (Phi) is 3.69. The standard InChI is InChI=1S/C22H24N6OS/c1-11-14-8-12(22(14,2)3)9-15(11)25-19-17-18(24-10-23-17)26-21(27-19)28-20(29)13-6-4-5-7-16(13)30-28/h4-7,10-12,14-15H,8-9H2,1-3H3,(H2,23,24,25,26,27)/t11-,12+,14-,15-/m0/s1. The van der Waals surface area contributed by atoms with Gasteiger partial charge < -0.3 is 10.3 Å². The van der Waals surface area contributed by atoms with Crippen molar-refractivity contribution in [2.45, 2.75) is 39.7 Å². The molecule has 0 saturated heterocycles. The molecule has 0 unspecified atom stereocenters. The van der Waals surface area contributed by atoms with Gasteiger partial charge in [-0.3, -0.25) is 4.79 Å². The number of imidazole rings is 1. The van der Waals surface area contributed by atoms with Crippen LogP contribution in [-0.4, -0.2) is 29.9 Å². The molecule has 4 aromatic rings. The van der Waals surface area contributed by atoms with Gasteiger partial charge in [-0.15, -0.1) is 0 Å². The Morgan fingerprint density at radius 3 is 2.83 bits per heavy atom. The molecular weight excluding hydrogens is 396 g/mol. The van der Waals surface area contributed by atoms with Crippen LogP contribution in [0.3, 0.4) is 0 Å². The fraction of sp³-hybridized carbons (Fsp3) is 0.455. The maximum absolute atomic E-state index is 12.9. The summed E-state index contributed by atoms with van der Waals surface area (Å²) < 4.78 is 2.49. The molecule has 0 aliphatic heterocycles. The van der Waals surface area contributed by atoms with Crippen LogP contribution in [0.5, 0.6) is 0 Å². The zero-order valence-corrected chi connectivity index (χ0v) is 18.0. The molecule has 8 heteroatoms. The van der Waals surface area contributed by atoms with Crippen LogP contribution in [0.15, 0.2) is 35.4 Å². The minimum atomic E-state index is -0.0922. The van der Waals surface area contributed by atoms with Gasteiger partial charge in [-0.1, -0.05) is 32.9 Å². The van der Waals surface area contributed by atoms with Crippen molar-refractivity contribution in [2.75, 3.05) is 5.32 Å². The minimum Gasteiger partial charge on any atom is -0.365 e. The summed E-state index contributed by atoms with van der Waals surface area (Å²) in [4.78, 5) is 29.8. The number of anilines is 1. The lowest BCUT2D eigenvalue weighted by Crippen LogP contribution is -2.58. The number of rotatable bonds is 3. The van der Waals surface area contributed by atoms with E-state index in [0.29, 0.717) is 34.4 Å². The van der Waals surface area contributed by atoms with Crippen molar-refractivity contribution in [1.29, 1.82) is 0 Å². The summed E-state index contributed by atoms with van der Waals surface area (Å²) in [6.45, 7) is 7.16. The molecule has 0 radical (unpaired) electrons. The third kappa shape index (κ3) is 2.43. The molecule has 4 atom stereocenters. The van der Waals surface area contributed by atoms with E-state index in [4.69, 9.17) is 4.98 Å². The fourth-order valence-corrected chi connectivity index (χ4v) is 6.57. The van der Waals surface area contributed by atoms with Crippen LogP contribution in [-0.2, 0) is 0 Å². The molecule has 2 bridgehead atoms. The highest BCUT2D eigenvalue weighted by Crippen LogP contribution is 2.61. The van der Waals surface area contributed by atoms with Crippen molar-refractivity contribution in [3.63, 3.8) is 0 Å². The van der Waals surface area contributed by atoms with Crippen LogP contribution >= 0.6 is 11.5 Å². The number of nitrogens with zero attached hydrogens (tertiary/aromatic N) is 4. The Bertz CT molecular complexity index is 1330. The van der Waals surface area contributed by atoms with Crippen molar-refractivity contribution in [1.82, 2.24) is 23.9 Å². The highest BCUT2D eigenvalue weighted by Gasteiger charge is 2.56. The SMILES string of the molecule is C[C@@H]1[C@@H](Nc2nc(-n3sc4ccccc4c3=O)nc3nc[nH]c23)C[C@H]2C[C@@H]1C2(C)C. The second-order valence-electron chi connectivity index (χ2n) is 9.37. The van der Waals surface area contributed by atoms with Crippen molar-refractivity contribution in [3.05, 3.63) is 40.9 Å². The fourth-order valence-electron chi connectivity index (χ4n) is 5.64. The van der Waals surface area contributed by atoms with Crippen molar-refractivity contribution < 1.29 is 0 Å². The second kappa shape index (κ2) is 6.14. The number of aromatic nitrogens is 5. The van der Waals surface area contributed by atoms with Crippen molar-refractivity contribution in [3.8, 4) is 5.95 Å². The van der Waals surface area contributed by atoms with Gasteiger partial charge in [-0.2, -0.15) is 13.9 Å². The van der Waals surface area contributed by atoms with E-state index >= 15 is 0 Å². The van der Waals surface area contributed by atoms with Gasteiger partial charge in [0, 0.05) is 6.04 Å². The molecule has 1 aromatic carbocycles. The molecule has 3 aliphatic rings. The number of fused-ring (bicyclic) bond motifs is 4. The molecule has 3 fully saturated rings. The molecular formula is C22H24N6OS. The molecule has 7 rings (SSSR count). The van der Waals surface area contributed by atoms with Gasteiger partial charge in [-0.05, 0) is 59.7 Å². The van der Waals surface area contributed by atoms with Gasteiger partial charge in [0.2, 0.25) is 0 Å². The maximum atomic E-state index is 12.9. The van der Waals surface area contributed by atoms with Gasteiger partial charge in [-0.25, -0.2) is 4.98 Å². The van der Waals surface area contributed by atoms with Gasteiger partial charge in [0.05, 0.1) is 16.4 Å². The minimum absolute atomic E-state index is 0.0922. The number of hydrogen-bond acceptors (Lipinski definition) is 6. The Balaban J connectivity index is 1.42. The molecule has 30 heavy (non-hydrogen) atoms. The van der Waals surface area contributed by atoms with Crippen LogP contribution in [0.4, 0.5) is 5.82 Å². The average molecular weight is 421 g/mol. The first kappa shape index (κ1) is 18.1. The summed E-state index contributed by atoms with van der Waals surface area (Å²) in [7, 11) is 0. The van der Waals surface area contributed by atoms with Gasteiger partial charge in [0.25, 0.3) is 11.5 Å². The summed E-state index contributed by atoms with van der Waals surface area (Å²) in [6.07, 6.45) is 4.10. The third-order valence-electron chi connectivity index (χ3n) is 7.62. The number of aromatic amines is 1. The molecule has 2 N–H and O–H groups in total. The topological polar surface area (TPSA) is 88.5 Å². The van der Waals surface area contributed by atoms with E-state index in [1.165, 1.54) is 18.0 Å². The Hall–Kier alpha value is -2.74. The molecule has 3 saturated carbocycles. The number of benzene rings is 1. The van der Waals surface area contributed by atoms with Crippen LogP contribution in [0.1, 0.15) is 33.6 Å². The molecule has 0 spiro atoms. The summed E-state index contributed by atoms with van der Waals surface area (Å²) in [5, 5.41) is 4.37.